The summed E-state index contributed by atoms with van der Waals surface area (Å²) in [5, 5.41) is 11.9. The van der Waals surface area contributed by atoms with Crippen molar-refractivity contribution in [1.82, 2.24) is 5.32 Å². The Hall–Kier alpha value is -2.24. The lowest BCUT2D eigenvalue weighted by Crippen LogP contribution is -2.42. The van der Waals surface area contributed by atoms with Gasteiger partial charge in [-0.1, -0.05) is 6.07 Å². The molecule has 19 heavy (non-hydrogen) atoms. The molecule has 1 atom stereocenters. The third kappa shape index (κ3) is 4.17. The highest BCUT2D eigenvalue weighted by molar-refractivity contribution is 5.83. The average Bonchev–Trinajstić information content (AvgIpc) is 2.38. The summed E-state index contributed by atoms with van der Waals surface area (Å²) in [7, 11) is 2.72. The number of hydrogen-bond donors (Lipinski definition) is 2. The first-order chi connectivity index (χ1) is 8.97. The van der Waals surface area contributed by atoms with Crippen LogP contribution in [0.25, 0.3) is 0 Å². The molecule has 1 rings (SSSR count). The molecule has 0 saturated heterocycles. The number of nitrogens with one attached hydrogen (secondary N) is 1. The smallest absolute Gasteiger partial charge is 0.328 e. The lowest BCUT2D eigenvalue weighted by Gasteiger charge is -2.17. The SMILES string of the molecule is COC(=O)[C@H](Cc1ccc(O)cc1OC)NC(C)=O. The van der Waals surface area contributed by atoms with E-state index in [1.807, 2.05) is 0 Å². The third-order valence-corrected chi connectivity index (χ3v) is 2.56. The molecule has 6 heteroatoms. The van der Waals surface area contributed by atoms with Gasteiger partial charge in [-0.3, -0.25) is 4.79 Å². The molecule has 0 bridgehead atoms. The highest BCUT2D eigenvalue weighted by atomic mass is 16.5. The van der Waals surface area contributed by atoms with Gasteiger partial charge >= 0.3 is 5.97 Å². The molecular weight excluding hydrogens is 250 g/mol. The van der Waals surface area contributed by atoms with Crippen LogP contribution in [0.15, 0.2) is 18.2 Å². The normalized spacial score (nSPS) is 11.5. The number of phenolic OH excluding ortho intramolecular Hbond substituents is 1. The van der Waals surface area contributed by atoms with Gasteiger partial charge in [-0.15, -0.1) is 0 Å². The number of carbonyl (C=O) groups is 2. The number of rotatable bonds is 5. The number of benzene rings is 1. The summed E-state index contributed by atoms with van der Waals surface area (Å²) in [6, 6.07) is 3.77. The molecule has 0 heterocycles. The maximum atomic E-state index is 11.6. The van der Waals surface area contributed by atoms with Gasteiger partial charge in [-0.2, -0.15) is 0 Å². The number of carbonyl (C=O) groups excluding carboxylic acids is 2. The van der Waals surface area contributed by atoms with E-state index in [1.54, 1.807) is 6.07 Å². The molecule has 0 spiro atoms. The Labute approximate surface area is 111 Å². The first kappa shape index (κ1) is 14.8. The zero-order valence-corrected chi connectivity index (χ0v) is 11.1. The molecule has 0 aliphatic carbocycles. The van der Waals surface area contributed by atoms with Crippen molar-refractivity contribution in [2.24, 2.45) is 0 Å². The second kappa shape index (κ2) is 6.63. The minimum atomic E-state index is -0.791. The zero-order valence-electron chi connectivity index (χ0n) is 11.1. The Bertz CT molecular complexity index is 472. The summed E-state index contributed by atoms with van der Waals surface area (Å²) in [5.74, 6) is -0.354. The van der Waals surface area contributed by atoms with Crippen LogP contribution in [0.1, 0.15) is 12.5 Å². The van der Waals surface area contributed by atoms with Crippen LogP contribution in [0, 0.1) is 0 Å². The van der Waals surface area contributed by atoms with Gasteiger partial charge in [0.15, 0.2) is 0 Å². The largest absolute Gasteiger partial charge is 0.508 e. The molecule has 0 aliphatic rings. The van der Waals surface area contributed by atoms with Crippen molar-refractivity contribution in [2.75, 3.05) is 14.2 Å². The van der Waals surface area contributed by atoms with Crippen molar-refractivity contribution in [1.29, 1.82) is 0 Å². The van der Waals surface area contributed by atoms with Crippen LogP contribution in [-0.4, -0.2) is 37.2 Å². The van der Waals surface area contributed by atoms with Crippen LogP contribution in [-0.2, 0) is 20.7 Å². The number of esters is 1. The Kier molecular flexibility index (Phi) is 5.17. The number of hydrogen-bond acceptors (Lipinski definition) is 5. The van der Waals surface area contributed by atoms with Crippen LogP contribution >= 0.6 is 0 Å². The van der Waals surface area contributed by atoms with E-state index in [1.165, 1.54) is 33.3 Å². The Balaban J connectivity index is 2.95. The highest BCUT2D eigenvalue weighted by Gasteiger charge is 2.22. The summed E-state index contributed by atoms with van der Waals surface area (Å²) in [6.07, 6.45) is 0.218. The van der Waals surface area contributed by atoms with E-state index in [0.717, 1.165) is 0 Å². The van der Waals surface area contributed by atoms with Crippen LogP contribution in [0.4, 0.5) is 0 Å². The average molecular weight is 267 g/mol. The fourth-order valence-electron chi connectivity index (χ4n) is 1.70. The maximum Gasteiger partial charge on any atom is 0.328 e. The van der Waals surface area contributed by atoms with Gasteiger partial charge in [0.1, 0.15) is 17.5 Å². The molecule has 2 N–H and O–H groups in total. The molecule has 0 unspecified atom stereocenters. The monoisotopic (exact) mass is 267 g/mol. The molecule has 0 aliphatic heterocycles. The molecule has 0 saturated carbocycles. The van der Waals surface area contributed by atoms with E-state index >= 15 is 0 Å². The quantitative estimate of drug-likeness (QED) is 0.764. The fourth-order valence-corrected chi connectivity index (χ4v) is 1.70. The zero-order chi connectivity index (χ0) is 14.4. The summed E-state index contributed by atoms with van der Waals surface area (Å²) in [4.78, 5) is 22.7. The molecule has 1 aromatic carbocycles. The number of phenols is 1. The summed E-state index contributed by atoms with van der Waals surface area (Å²) in [5.41, 5.74) is 0.685. The molecule has 0 radical (unpaired) electrons. The van der Waals surface area contributed by atoms with Crippen molar-refractivity contribution in [3.05, 3.63) is 23.8 Å². The predicted molar refractivity (Wildman–Crippen MR) is 68.0 cm³/mol. The summed E-state index contributed by atoms with van der Waals surface area (Å²) >= 11 is 0. The van der Waals surface area contributed by atoms with Gasteiger partial charge in [-0.25, -0.2) is 4.79 Å². The maximum absolute atomic E-state index is 11.6. The van der Waals surface area contributed by atoms with Gasteiger partial charge in [0, 0.05) is 19.4 Å². The van der Waals surface area contributed by atoms with Gasteiger partial charge in [0.2, 0.25) is 5.91 Å². The molecule has 0 aromatic heterocycles. The van der Waals surface area contributed by atoms with E-state index in [-0.39, 0.29) is 18.1 Å². The van der Waals surface area contributed by atoms with Gasteiger partial charge < -0.3 is 19.9 Å². The van der Waals surface area contributed by atoms with E-state index in [2.05, 4.69) is 10.1 Å². The predicted octanol–water partition coefficient (Wildman–Crippen LogP) is 0.621. The Morgan fingerprint density at radius 2 is 2.05 bits per heavy atom. The highest BCUT2D eigenvalue weighted by Crippen LogP contribution is 2.25. The molecule has 104 valence electrons. The van der Waals surface area contributed by atoms with Crippen molar-refractivity contribution < 1.29 is 24.2 Å². The molecular formula is C13H17NO5. The van der Waals surface area contributed by atoms with E-state index in [4.69, 9.17) is 4.74 Å². The minimum absolute atomic E-state index is 0.0646. The first-order valence-corrected chi connectivity index (χ1v) is 5.68. The fraction of sp³-hybridized carbons (Fsp3) is 0.385. The van der Waals surface area contributed by atoms with E-state index in [0.29, 0.717) is 11.3 Å². The second-order valence-corrected chi connectivity index (χ2v) is 3.98. The van der Waals surface area contributed by atoms with Gasteiger partial charge in [0.25, 0.3) is 0 Å². The number of ether oxygens (including phenoxy) is 2. The van der Waals surface area contributed by atoms with Crippen LogP contribution < -0.4 is 10.1 Å². The van der Waals surface area contributed by atoms with Crippen LogP contribution in [0.5, 0.6) is 11.5 Å². The molecule has 1 aromatic rings. The Morgan fingerprint density at radius 3 is 2.58 bits per heavy atom. The van der Waals surface area contributed by atoms with Crippen LogP contribution in [0.2, 0.25) is 0 Å². The lowest BCUT2D eigenvalue weighted by atomic mass is 10.0. The Morgan fingerprint density at radius 1 is 1.37 bits per heavy atom. The molecule has 0 fully saturated rings. The first-order valence-electron chi connectivity index (χ1n) is 5.68. The second-order valence-electron chi connectivity index (χ2n) is 3.98. The van der Waals surface area contributed by atoms with Crippen molar-refractivity contribution in [2.45, 2.75) is 19.4 Å². The van der Waals surface area contributed by atoms with Crippen molar-refractivity contribution >= 4 is 11.9 Å². The lowest BCUT2D eigenvalue weighted by molar-refractivity contribution is -0.144. The number of amides is 1. The number of aromatic hydroxyl groups is 1. The summed E-state index contributed by atoms with van der Waals surface area (Å²) < 4.78 is 9.76. The minimum Gasteiger partial charge on any atom is -0.508 e. The van der Waals surface area contributed by atoms with Crippen LogP contribution in [0.3, 0.4) is 0 Å². The molecule has 1 amide bonds. The molecule has 6 nitrogen and oxygen atoms in total. The topological polar surface area (TPSA) is 84.9 Å². The van der Waals surface area contributed by atoms with Gasteiger partial charge in [-0.05, 0) is 11.6 Å². The van der Waals surface area contributed by atoms with Crippen molar-refractivity contribution in [3.63, 3.8) is 0 Å². The van der Waals surface area contributed by atoms with E-state index in [9.17, 15) is 14.7 Å². The summed E-state index contributed by atoms with van der Waals surface area (Å²) in [6.45, 7) is 1.32. The standard InChI is InChI=1S/C13H17NO5/c1-8(15)14-11(13(17)19-3)6-9-4-5-10(16)7-12(9)18-2/h4-5,7,11,16H,6H2,1-3H3,(H,14,15)/t11-/m0/s1. The van der Waals surface area contributed by atoms with E-state index < -0.39 is 12.0 Å². The third-order valence-electron chi connectivity index (χ3n) is 2.56. The van der Waals surface area contributed by atoms with Gasteiger partial charge in [0.05, 0.1) is 14.2 Å². The number of methoxy groups -OCH3 is 2. The van der Waals surface area contributed by atoms with Crippen molar-refractivity contribution in [3.8, 4) is 11.5 Å².